The van der Waals surface area contributed by atoms with E-state index in [1.54, 1.807) is 0 Å². The summed E-state index contributed by atoms with van der Waals surface area (Å²) in [7, 11) is 0. The molecule has 0 spiro atoms. The highest BCUT2D eigenvalue weighted by atomic mass is 79.9. The van der Waals surface area contributed by atoms with Gasteiger partial charge in [0, 0.05) is 34.6 Å². The Morgan fingerprint density at radius 3 is 2.70 bits per heavy atom. The fourth-order valence-electron chi connectivity index (χ4n) is 3.12. The molecule has 0 radical (unpaired) electrons. The van der Waals surface area contributed by atoms with Crippen LogP contribution in [0.4, 0.5) is 0 Å². The number of halogens is 1. The van der Waals surface area contributed by atoms with Crippen molar-refractivity contribution in [1.82, 2.24) is 10.6 Å². The Balaban J connectivity index is 2.02. The summed E-state index contributed by atoms with van der Waals surface area (Å²) in [5.41, 5.74) is 3.20. The number of nitrogens with one attached hydrogen (secondary N) is 2. The van der Waals surface area contributed by atoms with Crippen molar-refractivity contribution in [3.05, 3.63) is 33.8 Å². The minimum Gasteiger partial charge on any atom is -0.312 e. The van der Waals surface area contributed by atoms with E-state index in [-0.39, 0.29) is 11.0 Å². The lowest BCUT2D eigenvalue weighted by Crippen LogP contribution is -2.40. The molecule has 1 aromatic carbocycles. The molecule has 0 saturated carbocycles. The monoisotopic (exact) mass is 338 g/mol. The van der Waals surface area contributed by atoms with Gasteiger partial charge in [0.05, 0.1) is 0 Å². The molecule has 1 unspecified atom stereocenters. The van der Waals surface area contributed by atoms with E-state index in [4.69, 9.17) is 0 Å². The summed E-state index contributed by atoms with van der Waals surface area (Å²) in [4.78, 5) is 0. The van der Waals surface area contributed by atoms with Crippen LogP contribution in [0.15, 0.2) is 22.7 Å². The molecule has 0 bridgehead atoms. The van der Waals surface area contributed by atoms with Gasteiger partial charge in [0.15, 0.2) is 0 Å². The third-order valence-corrected chi connectivity index (χ3v) is 4.84. The second kappa shape index (κ2) is 5.78. The Morgan fingerprint density at radius 1 is 1.40 bits per heavy atom. The summed E-state index contributed by atoms with van der Waals surface area (Å²) < 4.78 is 1.16. The maximum Gasteiger partial charge on any atom is 0.0210 e. The van der Waals surface area contributed by atoms with Crippen molar-refractivity contribution in [3.8, 4) is 0 Å². The van der Waals surface area contributed by atoms with Crippen LogP contribution in [0.5, 0.6) is 0 Å². The molecular weight excluding hydrogens is 312 g/mol. The first-order valence-corrected chi connectivity index (χ1v) is 8.24. The van der Waals surface area contributed by atoms with Crippen molar-refractivity contribution >= 4 is 15.9 Å². The van der Waals surface area contributed by atoms with Crippen molar-refractivity contribution < 1.29 is 0 Å². The molecule has 1 heterocycles. The molecule has 1 saturated heterocycles. The van der Waals surface area contributed by atoms with Gasteiger partial charge >= 0.3 is 0 Å². The highest BCUT2D eigenvalue weighted by Crippen LogP contribution is 2.29. The zero-order valence-corrected chi connectivity index (χ0v) is 14.9. The van der Waals surface area contributed by atoms with Gasteiger partial charge in [-0.1, -0.05) is 35.8 Å². The topological polar surface area (TPSA) is 24.1 Å². The summed E-state index contributed by atoms with van der Waals surface area (Å²) in [6, 6.07) is 7.15. The molecule has 2 nitrogen and oxygen atoms in total. The molecule has 1 aromatic rings. The standard InChI is InChI=1S/C17H27BrN2/c1-12-6-7-13(18)8-15(12)16(2,3)11-19-14-9-17(4,5)20-10-14/h6-8,14,19-20H,9-11H2,1-5H3. The summed E-state index contributed by atoms with van der Waals surface area (Å²) >= 11 is 3.59. The van der Waals surface area contributed by atoms with Crippen LogP contribution in [0.1, 0.15) is 45.2 Å². The van der Waals surface area contributed by atoms with E-state index in [0.29, 0.717) is 6.04 Å². The van der Waals surface area contributed by atoms with Crippen LogP contribution >= 0.6 is 15.9 Å². The molecule has 20 heavy (non-hydrogen) atoms. The third-order valence-electron chi connectivity index (χ3n) is 4.35. The fraction of sp³-hybridized carbons (Fsp3) is 0.647. The minimum absolute atomic E-state index is 0.139. The van der Waals surface area contributed by atoms with Gasteiger partial charge in [0.25, 0.3) is 0 Å². The predicted octanol–water partition coefficient (Wildman–Crippen LogP) is 3.77. The largest absolute Gasteiger partial charge is 0.312 e. The lowest BCUT2D eigenvalue weighted by atomic mass is 9.81. The van der Waals surface area contributed by atoms with Crippen molar-refractivity contribution in [1.29, 1.82) is 0 Å². The van der Waals surface area contributed by atoms with Crippen molar-refractivity contribution in [2.24, 2.45) is 0 Å². The quantitative estimate of drug-likeness (QED) is 0.873. The first-order chi connectivity index (χ1) is 9.20. The SMILES string of the molecule is Cc1ccc(Br)cc1C(C)(C)CNC1CNC(C)(C)C1. The maximum atomic E-state index is 3.74. The molecule has 112 valence electrons. The smallest absolute Gasteiger partial charge is 0.0210 e. The lowest BCUT2D eigenvalue weighted by Gasteiger charge is -2.29. The first-order valence-electron chi connectivity index (χ1n) is 7.45. The van der Waals surface area contributed by atoms with Crippen LogP contribution in [0.25, 0.3) is 0 Å². The maximum absolute atomic E-state index is 3.74. The summed E-state index contributed by atoms with van der Waals surface area (Å²) in [5.74, 6) is 0. The Morgan fingerprint density at radius 2 is 2.10 bits per heavy atom. The molecule has 1 fully saturated rings. The van der Waals surface area contributed by atoms with E-state index in [0.717, 1.165) is 17.6 Å². The Hall–Kier alpha value is -0.380. The molecule has 0 amide bonds. The van der Waals surface area contributed by atoms with Gasteiger partial charge in [-0.25, -0.2) is 0 Å². The predicted molar refractivity (Wildman–Crippen MR) is 90.4 cm³/mol. The van der Waals surface area contributed by atoms with E-state index in [1.165, 1.54) is 17.5 Å². The van der Waals surface area contributed by atoms with Crippen LogP contribution < -0.4 is 10.6 Å². The highest BCUT2D eigenvalue weighted by Gasteiger charge is 2.31. The van der Waals surface area contributed by atoms with Crippen LogP contribution in [0, 0.1) is 6.92 Å². The molecule has 2 N–H and O–H groups in total. The van der Waals surface area contributed by atoms with Crippen LogP contribution in [-0.4, -0.2) is 24.7 Å². The third kappa shape index (κ3) is 3.84. The molecule has 2 rings (SSSR count). The van der Waals surface area contributed by atoms with Crippen molar-refractivity contribution in [2.45, 2.75) is 58.0 Å². The van der Waals surface area contributed by atoms with Gasteiger partial charge in [0.2, 0.25) is 0 Å². The minimum atomic E-state index is 0.139. The number of aryl methyl sites for hydroxylation is 1. The summed E-state index contributed by atoms with van der Waals surface area (Å²) in [6.45, 7) is 13.5. The second-order valence-corrected chi connectivity index (χ2v) is 8.31. The second-order valence-electron chi connectivity index (χ2n) is 7.39. The van der Waals surface area contributed by atoms with Crippen molar-refractivity contribution in [3.63, 3.8) is 0 Å². The van der Waals surface area contributed by atoms with Crippen molar-refractivity contribution in [2.75, 3.05) is 13.1 Å². The number of rotatable bonds is 4. The van der Waals surface area contributed by atoms with E-state index >= 15 is 0 Å². The first kappa shape index (κ1) is 16.0. The van der Waals surface area contributed by atoms with Gasteiger partial charge < -0.3 is 10.6 Å². The summed E-state index contributed by atoms with van der Waals surface area (Å²) in [6.07, 6.45) is 1.19. The van der Waals surface area contributed by atoms with E-state index < -0.39 is 0 Å². The Labute approximate surface area is 131 Å². The van der Waals surface area contributed by atoms with Gasteiger partial charge in [-0.3, -0.25) is 0 Å². The van der Waals surface area contributed by atoms with Gasteiger partial charge in [-0.05, 0) is 50.5 Å². The van der Waals surface area contributed by atoms with Crippen LogP contribution in [-0.2, 0) is 5.41 Å². The molecular formula is C17H27BrN2. The Bertz CT molecular complexity index is 480. The lowest BCUT2D eigenvalue weighted by molar-refractivity contribution is 0.406. The molecule has 3 heteroatoms. The average molecular weight is 339 g/mol. The number of hydrogen-bond donors (Lipinski definition) is 2. The molecule has 1 aliphatic rings. The van der Waals surface area contributed by atoms with E-state index in [9.17, 15) is 0 Å². The molecule has 0 aliphatic carbocycles. The normalized spacial score (nSPS) is 22.2. The molecule has 0 aromatic heterocycles. The van der Waals surface area contributed by atoms with E-state index in [1.807, 2.05) is 0 Å². The summed E-state index contributed by atoms with van der Waals surface area (Å²) in [5, 5.41) is 7.32. The highest BCUT2D eigenvalue weighted by molar-refractivity contribution is 9.10. The molecule has 1 atom stereocenters. The number of hydrogen-bond acceptors (Lipinski definition) is 2. The fourth-order valence-corrected chi connectivity index (χ4v) is 3.48. The average Bonchev–Trinajstić information content (AvgIpc) is 2.70. The number of benzene rings is 1. The zero-order valence-electron chi connectivity index (χ0n) is 13.3. The van der Waals surface area contributed by atoms with Crippen LogP contribution in [0.2, 0.25) is 0 Å². The van der Waals surface area contributed by atoms with E-state index in [2.05, 4.69) is 79.4 Å². The van der Waals surface area contributed by atoms with Gasteiger partial charge in [0.1, 0.15) is 0 Å². The Kier molecular flexibility index (Phi) is 4.63. The van der Waals surface area contributed by atoms with Crippen LogP contribution in [0.3, 0.4) is 0 Å². The van der Waals surface area contributed by atoms with Gasteiger partial charge in [-0.2, -0.15) is 0 Å². The molecule has 1 aliphatic heterocycles. The van der Waals surface area contributed by atoms with Gasteiger partial charge in [-0.15, -0.1) is 0 Å². The zero-order chi connectivity index (χ0) is 15.0.